The zero-order valence-electron chi connectivity index (χ0n) is 18.1. The predicted molar refractivity (Wildman–Crippen MR) is 121 cm³/mol. The number of amides is 1. The van der Waals surface area contributed by atoms with Gasteiger partial charge >= 0.3 is 0 Å². The Morgan fingerprint density at radius 1 is 1.23 bits per heavy atom. The minimum absolute atomic E-state index is 0.0540. The third-order valence-electron chi connectivity index (χ3n) is 5.82. The Kier molecular flexibility index (Phi) is 8.36. The molecule has 7 nitrogen and oxygen atoms in total. The Bertz CT molecular complexity index is 730. The number of guanidine groups is 1. The lowest BCUT2D eigenvalue weighted by Crippen LogP contribution is -2.54. The van der Waals surface area contributed by atoms with Crippen molar-refractivity contribution in [1.82, 2.24) is 20.4 Å². The monoisotopic (exact) mass is 435 g/mol. The molecule has 0 bridgehead atoms. The van der Waals surface area contributed by atoms with E-state index in [2.05, 4.69) is 39.5 Å². The molecule has 1 heterocycles. The highest BCUT2D eigenvalue weighted by molar-refractivity contribution is 6.30. The van der Waals surface area contributed by atoms with Crippen molar-refractivity contribution in [2.24, 2.45) is 4.99 Å². The van der Waals surface area contributed by atoms with Gasteiger partial charge in [0.25, 0.3) is 0 Å². The van der Waals surface area contributed by atoms with Gasteiger partial charge in [0, 0.05) is 56.8 Å². The van der Waals surface area contributed by atoms with Crippen LogP contribution < -0.4 is 10.6 Å². The van der Waals surface area contributed by atoms with Crippen molar-refractivity contribution in [2.45, 2.75) is 25.2 Å². The fourth-order valence-electron chi connectivity index (χ4n) is 3.83. The van der Waals surface area contributed by atoms with E-state index in [9.17, 15) is 4.79 Å². The maximum Gasteiger partial charge on any atom is 0.234 e. The van der Waals surface area contributed by atoms with Crippen LogP contribution in [0.25, 0.3) is 0 Å². The summed E-state index contributed by atoms with van der Waals surface area (Å²) in [5.41, 5.74) is 1.42. The summed E-state index contributed by atoms with van der Waals surface area (Å²) in [7, 11) is 1.63. The molecular weight excluding hydrogens is 402 g/mol. The molecule has 1 aromatic carbocycles. The van der Waals surface area contributed by atoms with Gasteiger partial charge in [-0.15, -0.1) is 0 Å². The van der Waals surface area contributed by atoms with Gasteiger partial charge in [0.05, 0.1) is 19.7 Å². The maximum atomic E-state index is 12.0. The average molecular weight is 436 g/mol. The van der Waals surface area contributed by atoms with Crippen molar-refractivity contribution in [3.8, 4) is 0 Å². The molecule has 0 unspecified atom stereocenters. The fraction of sp³-hybridized carbons (Fsp3) is 0.636. The van der Waals surface area contributed by atoms with E-state index >= 15 is 0 Å². The quantitative estimate of drug-likeness (QED) is 0.351. The Morgan fingerprint density at radius 3 is 2.63 bits per heavy atom. The molecule has 30 heavy (non-hydrogen) atoms. The summed E-state index contributed by atoms with van der Waals surface area (Å²) in [4.78, 5) is 21.5. The van der Waals surface area contributed by atoms with E-state index in [0.717, 1.165) is 63.1 Å². The van der Waals surface area contributed by atoms with Crippen LogP contribution in [0.1, 0.15) is 25.3 Å². The number of methoxy groups -OCH3 is 1. The van der Waals surface area contributed by atoms with Gasteiger partial charge in [0.2, 0.25) is 5.91 Å². The van der Waals surface area contributed by atoms with Crippen molar-refractivity contribution < 1.29 is 9.53 Å². The molecule has 0 aromatic heterocycles. The van der Waals surface area contributed by atoms with Crippen LogP contribution in [0.15, 0.2) is 29.3 Å². The summed E-state index contributed by atoms with van der Waals surface area (Å²) < 4.78 is 4.97. The number of carbonyl (C=O) groups excluding carboxylic acids is 1. The minimum Gasteiger partial charge on any atom is -0.383 e. The Hall–Kier alpha value is -1.83. The van der Waals surface area contributed by atoms with Crippen molar-refractivity contribution in [3.63, 3.8) is 0 Å². The van der Waals surface area contributed by atoms with Crippen molar-refractivity contribution in [3.05, 3.63) is 34.9 Å². The van der Waals surface area contributed by atoms with E-state index in [1.807, 2.05) is 12.1 Å². The number of hydrogen-bond acceptors (Lipinski definition) is 4. The smallest absolute Gasteiger partial charge is 0.234 e. The average Bonchev–Trinajstić information content (AvgIpc) is 3.53. The van der Waals surface area contributed by atoms with Gasteiger partial charge in [-0.3, -0.25) is 14.7 Å². The normalized spacial score (nSPS) is 18.9. The second-order valence-electron chi connectivity index (χ2n) is 8.07. The van der Waals surface area contributed by atoms with Gasteiger partial charge in [-0.1, -0.05) is 23.7 Å². The number of carbonyl (C=O) groups is 1. The Balaban J connectivity index is 1.53. The first-order chi connectivity index (χ1) is 14.6. The summed E-state index contributed by atoms with van der Waals surface area (Å²) in [6, 6.07) is 8.19. The molecule has 2 fully saturated rings. The lowest BCUT2D eigenvalue weighted by molar-refractivity contribution is -0.122. The summed E-state index contributed by atoms with van der Waals surface area (Å²) in [6.07, 6.45) is 2.31. The van der Waals surface area contributed by atoms with E-state index in [-0.39, 0.29) is 11.3 Å². The predicted octanol–water partition coefficient (Wildman–Crippen LogP) is 1.72. The number of nitrogens with one attached hydrogen (secondary N) is 2. The standard InChI is InChI=1S/C22H34ClN5O2/c1-3-24-21(26-17-22(7-8-22)18-5-4-6-19(23)15-18)28-12-10-27(11-13-28)16-20(29)25-9-14-30-2/h4-6,15H,3,7-14,16-17H2,1-2H3,(H,24,26)(H,25,29). The number of nitrogens with zero attached hydrogens (tertiary/aromatic N) is 3. The lowest BCUT2D eigenvalue weighted by atomic mass is 9.96. The summed E-state index contributed by atoms with van der Waals surface area (Å²) in [6.45, 7) is 8.66. The van der Waals surface area contributed by atoms with E-state index in [0.29, 0.717) is 19.7 Å². The number of halogens is 1. The number of benzene rings is 1. The van der Waals surface area contributed by atoms with Gasteiger partial charge in [-0.05, 0) is 37.5 Å². The second kappa shape index (κ2) is 11.0. The van der Waals surface area contributed by atoms with E-state index < -0.39 is 0 Å². The number of aliphatic imine (C=N–C) groups is 1. The van der Waals surface area contributed by atoms with Gasteiger partial charge in [0.1, 0.15) is 0 Å². The zero-order chi connectivity index (χ0) is 21.4. The summed E-state index contributed by atoms with van der Waals surface area (Å²) in [5.74, 6) is 1.02. The molecular formula is C22H34ClN5O2. The molecule has 1 saturated carbocycles. The molecule has 2 N–H and O–H groups in total. The third-order valence-corrected chi connectivity index (χ3v) is 6.06. The molecule has 8 heteroatoms. The van der Waals surface area contributed by atoms with Crippen LogP contribution in [0.4, 0.5) is 0 Å². The van der Waals surface area contributed by atoms with Crippen LogP contribution in [0, 0.1) is 0 Å². The molecule has 0 atom stereocenters. The van der Waals surface area contributed by atoms with Gasteiger partial charge < -0.3 is 20.3 Å². The first kappa shape index (κ1) is 22.8. The van der Waals surface area contributed by atoms with E-state index in [1.54, 1.807) is 7.11 Å². The van der Waals surface area contributed by atoms with Crippen LogP contribution in [-0.4, -0.2) is 87.7 Å². The molecule has 1 amide bonds. The van der Waals surface area contributed by atoms with Crippen LogP contribution in [0.3, 0.4) is 0 Å². The molecule has 3 rings (SSSR count). The highest BCUT2D eigenvalue weighted by Gasteiger charge is 2.44. The molecule has 166 valence electrons. The highest BCUT2D eigenvalue weighted by Crippen LogP contribution is 2.48. The largest absolute Gasteiger partial charge is 0.383 e. The molecule has 1 aliphatic carbocycles. The number of piperazine rings is 1. The SMILES string of the molecule is CCNC(=NCC1(c2cccc(Cl)c2)CC1)N1CCN(CC(=O)NCCOC)CC1. The van der Waals surface area contributed by atoms with Crippen molar-refractivity contribution in [1.29, 1.82) is 0 Å². The van der Waals surface area contributed by atoms with Gasteiger partial charge in [-0.2, -0.15) is 0 Å². The first-order valence-electron chi connectivity index (χ1n) is 10.8. The number of rotatable bonds is 9. The topological polar surface area (TPSA) is 69.2 Å². The maximum absolute atomic E-state index is 12.0. The lowest BCUT2D eigenvalue weighted by Gasteiger charge is -2.36. The van der Waals surface area contributed by atoms with Gasteiger partial charge in [-0.25, -0.2) is 0 Å². The van der Waals surface area contributed by atoms with Crippen LogP contribution in [0.5, 0.6) is 0 Å². The zero-order valence-corrected chi connectivity index (χ0v) is 18.9. The molecule has 1 aliphatic heterocycles. The van der Waals surface area contributed by atoms with E-state index in [4.69, 9.17) is 21.3 Å². The van der Waals surface area contributed by atoms with Crippen molar-refractivity contribution in [2.75, 3.05) is 66.1 Å². The third kappa shape index (κ3) is 6.33. The summed E-state index contributed by atoms with van der Waals surface area (Å²) in [5, 5.41) is 7.12. The molecule has 0 spiro atoms. The Labute approximate surface area is 184 Å². The fourth-order valence-corrected chi connectivity index (χ4v) is 4.02. The number of ether oxygens (including phenoxy) is 1. The van der Waals surface area contributed by atoms with Gasteiger partial charge in [0.15, 0.2) is 5.96 Å². The first-order valence-corrected chi connectivity index (χ1v) is 11.2. The second-order valence-corrected chi connectivity index (χ2v) is 8.50. The van der Waals surface area contributed by atoms with Crippen LogP contribution in [-0.2, 0) is 14.9 Å². The van der Waals surface area contributed by atoms with E-state index in [1.165, 1.54) is 5.56 Å². The summed E-state index contributed by atoms with van der Waals surface area (Å²) >= 11 is 6.20. The molecule has 1 aromatic rings. The minimum atomic E-state index is 0.0540. The van der Waals surface area contributed by atoms with Crippen LogP contribution >= 0.6 is 11.6 Å². The molecule has 0 radical (unpaired) electrons. The number of hydrogen-bond donors (Lipinski definition) is 2. The molecule has 2 aliphatic rings. The highest BCUT2D eigenvalue weighted by atomic mass is 35.5. The van der Waals surface area contributed by atoms with Crippen LogP contribution in [0.2, 0.25) is 5.02 Å². The molecule has 1 saturated heterocycles. The van der Waals surface area contributed by atoms with Crippen molar-refractivity contribution >= 4 is 23.5 Å². The Morgan fingerprint density at radius 2 is 2.00 bits per heavy atom.